The fourth-order valence-electron chi connectivity index (χ4n) is 2.56. The Morgan fingerprint density at radius 2 is 1.82 bits per heavy atom. The van der Waals surface area contributed by atoms with E-state index in [0.29, 0.717) is 18.0 Å². The minimum atomic E-state index is 0.365. The molecule has 0 N–H and O–H groups in total. The van der Waals surface area contributed by atoms with Crippen LogP contribution in [0.25, 0.3) is 0 Å². The fraction of sp³-hybridized carbons (Fsp3) is 0.889. The second-order valence-corrected chi connectivity index (χ2v) is 3.92. The molecule has 0 spiro atoms. The Morgan fingerprint density at radius 3 is 2.27 bits per heavy atom. The van der Waals surface area contributed by atoms with E-state index in [-0.39, 0.29) is 0 Å². The van der Waals surface area contributed by atoms with E-state index < -0.39 is 0 Å². The van der Waals surface area contributed by atoms with Crippen LogP contribution in [0.3, 0.4) is 0 Å². The van der Waals surface area contributed by atoms with Crippen molar-refractivity contribution in [2.45, 2.75) is 37.8 Å². The molecule has 2 fully saturated rings. The van der Waals surface area contributed by atoms with Gasteiger partial charge in [0.1, 0.15) is 6.29 Å². The van der Waals surface area contributed by atoms with Crippen molar-refractivity contribution in [2.75, 3.05) is 7.05 Å². The van der Waals surface area contributed by atoms with Crippen LogP contribution < -0.4 is 0 Å². The normalized spacial score (nSPS) is 44.3. The van der Waals surface area contributed by atoms with Crippen molar-refractivity contribution in [3.63, 3.8) is 0 Å². The number of piperidine rings is 1. The minimum absolute atomic E-state index is 0.365. The number of aldehydes is 1. The standard InChI is InChI=1S/C9H15NO/c1-10-8-2-3-9(10)5-7(4-8)6-11/h6-9H,2-5H2,1H3/t7?,8-,9+. The monoisotopic (exact) mass is 153 g/mol. The highest BCUT2D eigenvalue weighted by Gasteiger charge is 2.37. The quantitative estimate of drug-likeness (QED) is 0.525. The molecule has 11 heavy (non-hydrogen) atoms. The van der Waals surface area contributed by atoms with Gasteiger partial charge in [0.05, 0.1) is 0 Å². The third kappa shape index (κ3) is 1.09. The molecule has 0 aliphatic carbocycles. The van der Waals surface area contributed by atoms with Gasteiger partial charge in [-0.3, -0.25) is 0 Å². The molecule has 2 nitrogen and oxygen atoms in total. The molecule has 0 saturated carbocycles. The fourth-order valence-corrected chi connectivity index (χ4v) is 2.56. The average molecular weight is 153 g/mol. The summed E-state index contributed by atoms with van der Waals surface area (Å²) in [6, 6.07) is 1.42. The Balaban J connectivity index is 2.07. The molecule has 0 amide bonds. The summed E-state index contributed by atoms with van der Waals surface area (Å²) in [5.41, 5.74) is 0. The highest BCUT2D eigenvalue weighted by Crippen LogP contribution is 2.36. The zero-order valence-electron chi connectivity index (χ0n) is 6.99. The van der Waals surface area contributed by atoms with Gasteiger partial charge >= 0.3 is 0 Å². The lowest BCUT2D eigenvalue weighted by Crippen LogP contribution is -2.40. The number of hydrogen-bond donors (Lipinski definition) is 0. The van der Waals surface area contributed by atoms with E-state index in [9.17, 15) is 4.79 Å². The maximum absolute atomic E-state index is 10.6. The average Bonchev–Trinajstić information content (AvgIpc) is 2.26. The Bertz CT molecular complexity index is 155. The highest BCUT2D eigenvalue weighted by molar-refractivity contribution is 5.54. The maximum atomic E-state index is 10.6. The van der Waals surface area contributed by atoms with Crippen LogP contribution in [0.5, 0.6) is 0 Å². The Morgan fingerprint density at radius 1 is 1.27 bits per heavy atom. The van der Waals surface area contributed by atoms with Gasteiger partial charge in [-0.1, -0.05) is 0 Å². The van der Waals surface area contributed by atoms with E-state index in [4.69, 9.17) is 0 Å². The van der Waals surface area contributed by atoms with Crippen molar-refractivity contribution >= 4 is 6.29 Å². The van der Waals surface area contributed by atoms with Gasteiger partial charge in [-0.15, -0.1) is 0 Å². The molecule has 2 bridgehead atoms. The van der Waals surface area contributed by atoms with Gasteiger partial charge < -0.3 is 9.69 Å². The van der Waals surface area contributed by atoms with Crippen molar-refractivity contribution < 1.29 is 4.79 Å². The van der Waals surface area contributed by atoms with Crippen LogP contribution in [-0.4, -0.2) is 30.3 Å². The van der Waals surface area contributed by atoms with Crippen molar-refractivity contribution in [3.05, 3.63) is 0 Å². The van der Waals surface area contributed by atoms with Crippen LogP contribution in [0.2, 0.25) is 0 Å². The summed E-state index contributed by atoms with van der Waals surface area (Å²) < 4.78 is 0. The molecule has 2 saturated heterocycles. The summed E-state index contributed by atoms with van der Waals surface area (Å²) in [6.07, 6.45) is 5.99. The summed E-state index contributed by atoms with van der Waals surface area (Å²) in [7, 11) is 2.20. The van der Waals surface area contributed by atoms with Gasteiger partial charge in [0.2, 0.25) is 0 Å². The van der Waals surface area contributed by atoms with Crippen molar-refractivity contribution in [3.8, 4) is 0 Å². The zero-order valence-corrected chi connectivity index (χ0v) is 6.99. The third-order valence-corrected chi connectivity index (χ3v) is 3.33. The van der Waals surface area contributed by atoms with Crippen LogP contribution in [-0.2, 0) is 4.79 Å². The van der Waals surface area contributed by atoms with E-state index in [0.717, 1.165) is 19.1 Å². The van der Waals surface area contributed by atoms with Gasteiger partial charge in [-0.2, -0.15) is 0 Å². The predicted octanol–water partition coefficient (Wildman–Crippen LogP) is 1.06. The molecule has 2 rings (SSSR count). The molecule has 2 heteroatoms. The number of rotatable bonds is 1. The van der Waals surface area contributed by atoms with Gasteiger partial charge in [0.25, 0.3) is 0 Å². The largest absolute Gasteiger partial charge is 0.303 e. The molecule has 0 radical (unpaired) electrons. The Kier molecular flexibility index (Phi) is 1.72. The Hall–Kier alpha value is -0.370. The predicted molar refractivity (Wildman–Crippen MR) is 43.4 cm³/mol. The number of carbonyl (C=O) groups excluding carboxylic acids is 1. The maximum Gasteiger partial charge on any atom is 0.123 e. The molecule has 2 aliphatic rings. The van der Waals surface area contributed by atoms with E-state index >= 15 is 0 Å². The van der Waals surface area contributed by atoms with E-state index in [1.807, 2.05) is 0 Å². The summed E-state index contributed by atoms with van der Waals surface area (Å²) in [5.74, 6) is 0.365. The van der Waals surface area contributed by atoms with Crippen LogP contribution in [0.15, 0.2) is 0 Å². The van der Waals surface area contributed by atoms with Crippen molar-refractivity contribution in [2.24, 2.45) is 5.92 Å². The van der Waals surface area contributed by atoms with Crippen LogP contribution in [0, 0.1) is 5.92 Å². The molecular weight excluding hydrogens is 138 g/mol. The minimum Gasteiger partial charge on any atom is -0.303 e. The van der Waals surface area contributed by atoms with Gasteiger partial charge in [0.15, 0.2) is 0 Å². The van der Waals surface area contributed by atoms with Gasteiger partial charge in [-0.25, -0.2) is 0 Å². The third-order valence-electron chi connectivity index (χ3n) is 3.33. The highest BCUT2D eigenvalue weighted by atomic mass is 16.1. The molecule has 62 valence electrons. The molecule has 2 heterocycles. The number of nitrogens with zero attached hydrogens (tertiary/aromatic N) is 1. The molecule has 0 aromatic rings. The smallest absolute Gasteiger partial charge is 0.123 e. The molecular formula is C9H15NO. The van der Waals surface area contributed by atoms with Crippen molar-refractivity contribution in [1.82, 2.24) is 4.90 Å². The summed E-state index contributed by atoms with van der Waals surface area (Å²) in [5, 5.41) is 0. The van der Waals surface area contributed by atoms with Crippen LogP contribution in [0.4, 0.5) is 0 Å². The molecule has 3 atom stereocenters. The van der Waals surface area contributed by atoms with E-state index in [1.165, 1.54) is 12.8 Å². The first-order valence-electron chi connectivity index (χ1n) is 4.48. The summed E-state index contributed by atoms with van der Waals surface area (Å²) >= 11 is 0. The van der Waals surface area contributed by atoms with E-state index in [2.05, 4.69) is 11.9 Å². The van der Waals surface area contributed by atoms with Crippen LogP contribution >= 0.6 is 0 Å². The van der Waals surface area contributed by atoms with Gasteiger partial charge in [-0.05, 0) is 32.7 Å². The SMILES string of the molecule is CN1[C@@H]2CC[C@H]1CC(C=O)C2. The molecule has 0 aromatic heterocycles. The van der Waals surface area contributed by atoms with Gasteiger partial charge in [0, 0.05) is 18.0 Å². The first-order chi connectivity index (χ1) is 5.31. The lowest BCUT2D eigenvalue weighted by Gasteiger charge is -2.33. The first kappa shape index (κ1) is 7.29. The summed E-state index contributed by atoms with van der Waals surface area (Å²) in [4.78, 5) is 13.0. The zero-order chi connectivity index (χ0) is 7.84. The lowest BCUT2D eigenvalue weighted by atomic mass is 9.93. The molecule has 0 aromatic carbocycles. The number of hydrogen-bond acceptors (Lipinski definition) is 2. The number of carbonyl (C=O) groups is 1. The Labute approximate surface area is 67.6 Å². The summed E-state index contributed by atoms with van der Waals surface area (Å²) in [6.45, 7) is 0. The first-order valence-corrected chi connectivity index (χ1v) is 4.48. The molecule has 1 unspecified atom stereocenters. The van der Waals surface area contributed by atoms with Crippen LogP contribution in [0.1, 0.15) is 25.7 Å². The second-order valence-electron chi connectivity index (χ2n) is 3.92. The molecule has 2 aliphatic heterocycles. The number of fused-ring (bicyclic) bond motifs is 2. The lowest BCUT2D eigenvalue weighted by molar-refractivity contribution is -0.113. The second kappa shape index (κ2) is 2.59. The van der Waals surface area contributed by atoms with Crippen molar-refractivity contribution in [1.29, 1.82) is 0 Å². The van der Waals surface area contributed by atoms with E-state index in [1.54, 1.807) is 0 Å². The topological polar surface area (TPSA) is 20.3 Å².